The summed E-state index contributed by atoms with van der Waals surface area (Å²) in [4.78, 5) is 23.8. The molecule has 0 aliphatic carbocycles. The van der Waals surface area contributed by atoms with Crippen LogP contribution < -0.4 is 0 Å². The van der Waals surface area contributed by atoms with Crippen molar-refractivity contribution in [2.24, 2.45) is 18.4 Å². The van der Waals surface area contributed by atoms with Crippen LogP contribution in [0.25, 0.3) is 11.4 Å². The van der Waals surface area contributed by atoms with Crippen molar-refractivity contribution < 1.29 is 4.79 Å². The van der Waals surface area contributed by atoms with Gasteiger partial charge in [0, 0.05) is 31.7 Å². The second-order valence-corrected chi connectivity index (χ2v) is 8.47. The Hall–Kier alpha value is -2.17. The van der Waals surface area contributed by atoms with Gasteiger partial charge in [-0.1, -0.05) is 26.8 Å². The fourth-order valence-electron chi connectivity index (χ4n) is 3.76. The van der Waals surface area contributed by atoms with E-state index in [1.807, 2.05) is 53.2 Å². The second-order valence-electron chi connectivity index (χ2n) is 8.47. The maximum atomic E-state index is 12.7. The summed E-state index contributed by atoms with van der Waals surface area (Å²) in [6.45, 7) is 9.74. The van der Waals surface area contributed by atoms with Crippen molar-refractivity contribution in [3.63, 3.8) is 0 Å². The normalized spacial score (nSPS) is 18.2. The Kier molecular flexibility index (Phi) is 5.17. The lowest BCUT2D eigenvalue weighted by Gasteiger charge is -2.36. The maximum absolute atomic E-state index is 12.7. The molecule has 140 valence electrons. The summed E-state index contributed by atoms with van der Waals surface area (Å²) in [5.74, 6) is 1.72. The zero-order valence-corrected chi connectivity index (χ0v) is 16.6. The Labute approximate surface area is 156 Å². The minimum absolute atomic E-state index is 0.260. The highest BCUT2D eigenvalue weighted by atomic mass is 16.2. The minimum atomic E-state index is -0.312. The van der Waals surface area contributed by atoms with E-state index >= 15 is 0 Å². The number of hydrogen-bond acceptors (Lipinski definition) is 3. The molecule has 1 amide bonds. The summed E-state index contributed by atoms with van der Waals surface area (Å²) >= 11 is 0. The first kappa shape index (κ1) is 18.6. The first-order chi connectivity index (χ1) is 12.3. The molecule has 3 heterocycles. The van der Waals surface area contributed by atoms with Gasteiger partial charge in [-0.05, 0) is 43.7 Å². The van der Waals surface area contributed by atoms with Crippen molar-refractivity contribution in [1.29, 1.82) is 0 Å². The lowest BCUT2D eigenvalue weighted by molar-refractivity contribution is -0.141. The molecule has 1 atom stereocenters. The molecule has 0 N–H and O–H groups in total. The molecule has 0 aromatic carbocycles. The smallest absolute Gasteiger partial charge is 0.227 e. The first-order valence-electron chi connectivity index (χ1n) is 9.49. The molecule has 5 heteroatoms. The molecule has 26 heavy (non-hydrogen) atoms. The van der Waals surface area contributed by atoms with Crippen molar-refractivity contribution in [2.45, 2.75) is 47.0 Å². The summed E-state index contributed by atoms with van der Waals surface area (Å²) in [5.41, 5.74) is 2.99. The summed E-state index contributed by atoms with van der Waals surface area (Å²) < 4.78 is 2.09. The van der Waals surface area contributed by atoms with Gasteiger partial charge in [-0.15, -0.1) is 0 Å². The number of rotatable bonds is 3. The van der Waals surface area contributed by atoms with Crippen molar-refractivity contribution in [1.82, 2.24) is 19.4 Å². The Balaban J connectivity index is 1.79. The molecule has 0 radical (unpaired) electrons. The van der Waals surface area contributed by atoms with E-state index in [1.165, 1.54) is 5.56 Å². The summed E-state index contributed by atoms with van der Waals surface area (Å²) in [6.07, 6.45) is 6.93. The molecule has 1 aliphatic heterocycles. The molecule has 0 saturated carbocycles. The van der Waals surface area contributed by atoms with Gasteiger partial charge in [0.15, 0.2) is 0 Å². The average molecular weight is 354 g/mol. The van der Waals surface area contributed by atoms with Gasteiger partial charge in [-0.3, -0.25) is 9.78 Å². The Bertz CT molecular complexity index is 788. The molecule has 0 spiro atoms. The van der Waals surface area contributed by atoms with Gasteiger partial charge in [0.05, 0.1) is 17.6 Å². The third-order valence-electron chi connectivity index (χ3n) is 5.31. The lowest BCUT2D eigenvalue weighted by Crippen LogP contribution is -2.45. The molecule has 3 rings (SSSR count). The zero-order valence-electron chi connectivity index (χ0n) is 16.6. The molecule has 1 aliphatic rings. The molecular weight excluding hydrogens is 324 g/mol. The molecule has 2 aromatic heterocycles. The predicted octanol–water partition coefficient (Wildman–Crippen LogP) is 3.62. The summed E-state index contributed by atoms with van der Waals surface area (Å²) in [6, 6.07) is 4.16. The number of carbonyl (C=O) groups excluding carboxylic acids is 1. The number of piperidine rings is 1. The van der Waals surface area contributed by atoms with E-state index < -0.39 is 0 Å². The summed E-state index contributed by atoms with van der Waals surface area (Å²) in [7, 11) is 2.03. The zero-order chi connectivity index (χ0) is 18.9. The van der Waals surface area contributed by atoms with Crippen LogP contribution in [-0.4, -0.2) is 38.4 Å². The molecular formula is C21H30N4O. The Morgan fingerprint density at radius 2 is 2.08 bits per heavy atom. The fraction of sp³-hybridized carbons (Fsp3) is 0.571. The number of imidazole rings is 1. The molecule has 1 saturated heterocycles. The van der Waals surface area contributed by atoms with Crippen molar-refractivity contribution in [3.05, 3.63) is 35.9 Å². The van der Waals surface area contributed by atoms with Gasteiger partial charge >= 0.3 is 0 Å². The van der Waals surface area contributed by atoms with E-state index in [0.717, 1.165) is 49.6 Å². The van der Waals surface area contributed by atoms with E-state index in [-0.39, 0.29) is 11.3 Å². The third-order valence-corrected chi connectivity index (χ3v) is 5.31. The fourth-order valence-corrected chi connectivity index (χ4v) is 3.76. The average Bonchev–Trinajstić information content (AvgIpc) is 2.93. The van der Waals surface area contributed by atoms with E-state index in [2.05, 4.69) is 25.5 Å². The third kappa shape index (κ3) is 3.81. The van der Waals surface area contributed by atoms with Crippen LogP contribution in [0.3, 0.4) is 0 Å². The Morgan fingerprint density at radius 1 is 1.31 bits per heavy atom. The van der Waals surface area contributed by atoms with E-state index in [1.54, 1.807) is 0 Å². The van der Waals surface area contributed by atoms with Crippen molar-refractivity contribution in [3.8, 4) is 11.4 Å². The van der Waals surface area contributed by atoms with Gasteiger partial charge in [0.2, 0.25) is 5.91 Å². The van der Waals surface area contributed by atoms with Gasteiger partial charge in [0.1, 0.15) is 5.82 Å². The Morgan fingerprint density at radius 3 is 2.73 bits per heavy atom. The van der Waals surface area contributed by atoms with Crippen molar-refractivity contribution in [2.75, 3.05) is 13.1 Å². The highest BCUT2D eigenvalue weighted by molar-refractivity contribution is 5.81. The van der Waals surface area contributed by atoms with Crippen molar-refractivity contribution >= 4 is 5.91 Å². The van der Waals surface area contributed by atoms with Crippen LogP contribution in [0.1, 0.15) is 45.0 Å². The van der Waals surface area contributed by atoms with E-state index in [9.17, 15) is 4.79 Å². The van der Waals surface area contributed by atoms with Crippen LogP contribution in [0, 0.1) is 18.3 Å². The van der Waals surface area contributed by atoms with Gasteiger partial charge in [0.25, 0.3) is 0 Å². The number of aryl methyl sites for hydroxylation is 1. The summed E-state index contributed by atoms with van der Waals surface area (Å²) in [5, 5.41) is 0. The van der Waals surface area contributed by atoms with Gasteiger partial charge in [-0.2, -0.15) is 0 Å². The van der Waals surface area contributed by atoms with Crippen LogP contribution in [0.15, 0.2) is 24.5 Å². The van der Waals surface area contributed by atoms with Crippen LogP contribution in [0.2, 0.25) is 0 Å². The molecule has 0 unspecified atom stereocenters. The van der Waals surface area contributed by atoms with Crippen LogP contribution in [-0.2, 0) is 18.3 Å². The first-order valence-corrected chi connectivity index (χ1v) is 9.49. The largest absolute Gasteiger partial charge is 0.342 e. The quantitative estimate of drug-likeness (QED) is 0.846. The predicted molar refractivity (Wildman–Crippen MR) is 104 cm³/mol. The number of pyridine rings is 1. The monoisotopic (exact) mass is 354 g/mol. The topological polar surface area (TPSA) is 51.0 Å². The highest BCUT2D eigenvalue weighted by Crippen LogP contribution is 2.29. The van der Waals surface area contributed by atoms with Crippen LogP contribution in [0.5, 0.6) is 0 Å². The number of likely N-dealkylation sites (tertiary alicyclic amines) is 1. The number of hydrogen-bond donors (Lipinski definition) is 0. The number of amides is 1. The SMILES string of the molecule is Cc1ncc(-c2ncccc2C[C@H]2CCCN(C(=O)C(C)(C)C)C2)n1C. The number of aromatic nitrogens is 3. The van der Waals surface area contributed by atoms with E-state index in [4.69, 9.17) is 0 Å². The highest BCUT2D eigenvalue weighted by Gasteiger charge is 2.31. The molecule has 0 bridgehead atoms. The standard InChI is InChI=1S/C21H30N4O/c1-15-23-13-18(24(15)5)19-17(9-6-10-22-19)12-16-8-7-11-25(14-16)20(26)21(2,3)4/h6,9-10,13,16H,7-8,11-12,14H2,1-5H3/t16-/m1/s1. The lowest BCUT2D eigenvalue weighted by atomic mass is 9.88. The minimum Gasteiger partial charge on any atom is -0.342 e. The van der Waals surface area contributed by atoms with Crippen LogP contribution in [0.4, 0.5) is 0 Å². The van der Waals surface area contributed by atoms with Gasteiger partial charge < -0.3 is 9.47 Å². The van der Waals surface area contributed by atoms with Crippen LogP contribution >= 0.6 is 0 Å². The molecule has 5 nitrogen and oxygen atoms in total. The maximum Gasteiger partial charge on any atom is 0.227 e. The molecule has 2 aromatic rings. The molecule has 1 fully saturated rings. The van der Waals surface area contributed by atoms with E-state index in [0.29, 0.717) is 5.92 Å². The number of carbonyl (C=O) groups is 1. The van der Waals surface area contributed by atoms with Gasteiger partial charge in [-0.25, -0.2) is 4.98 Å². The second kappa shape index (κ2) is 7.22. The number of nitrogens with zero attached hydrogens (tertiary/aromatic N) is 4.